The highest BCUT2D eigenvalue weighted by Gasteiger charge is 2.22. The van der Waals surface area contributed by atoms with E-state index in [4.69, 9.17) is 0 Å². The summed E-state index contributed by atoms with van der Waals surface area (Å²) in [5.74, 6) is 0.0283. The largest absolute Gasteiger partial charge is 0.333 e. The lowest BCUT2D eigenvalue weighted by atomic mass is 10.1. The average Bonchev–Trinajstić information content (AvgIpc) is 2.30. The van der Waals surface area contributed by atoms with Crippen molar-refractivity contribution in [3.8, 4) is 0 Å². The number of nitrogens with zero attached hydrogens (tertiary/aromatic N) is 1. The number of hydrogen-bond donors (Lipinski definition) is 0. The second-order valence-electron chi connectivity index (χ2n) is 2.66. The van der Waals surface area contributed by atoms with E-state index < -0.39 is 0 Å². The van der Waals surface area contributed by atoms with Crippen molar-refractivity contribution in [2.45, 2.75) is 6.54 Å². The van der Waals surface area contributed by atoms with E-state index in [0.717, 1.165) is 11.1 Å². The molecule has 55 valence electrons. The summed E-state index contributed by atoms with van der Waals surface area (Å²) < 4.78 is 0. The lowest BCUT2D eigenvalue weighted by Gasteiger charge is -2.03. The van der Waals surface area contributed by atoms with Crippen molar-refractivity contribution in [3.05, 3.63) is 42.4 Å². The Bertz CT molecular complexity index is 306. The first kappa shape index (κ1) is 6.40. The van der Waals surface area contributed by atoms with Crippen LogP contribution in [0.4, 0.5) is 0 Å². The van der Waals surface area contributed by atoms with Crippen LogP contribution in [-0.2, 0) is 6.54 Å². The molecule has 0 fully saturated rings. The molecule has 2 heteroatoms. The maximum absolute atomic E-state index is 11.3. The molecule has 2 nitrogen and oxygen atoms in total. The molecule has 1 aliphatic rings. The van der Waals surface area contributed by atoms with Crippen molar-refractivity contribution >= 4 is 5.91 Å². The van der Waals surface area contributed by atoms with Gasteiger partial charge < -0.3 is 4.90 Å². The molecule has 0 saturated heterocycles. The summed E-state index contributed by atoms with van der Waals surface area (Å²) >= 11 is 0. The van der Waals surface area contributed by atoms with Gasteiger partial charge in [0, 0.05) is 19.2 Å². The number of carbonyl (C=O) groups is 1. The molecule has 1 radical (unpaired) electrons. The van der Waals surface area contributed by atoms with Gasteiger partial charge in [0.15, 0.2) is 0 Å². The van der Waals surface area contributed by atoms with Crippen LogP contribution >= 0.6 is 0 Å². The number of fused-ring (bicyclic) bond motifs is 1. The zero-order valence-electron chi connectivity index (χ0n) is 6.08. The molecule has 1 aliphatic heterocycles. The summed E-state index contributed by atoms with van der Waals surface area (Å²) in [4.78, 5) is 12.7. The minimum absolute atomic E-state index is 0.0283. The van der Waals surface area contributed by atoms with Gasteiger partial charge in [-0.1, -0.05) is 18.2 Å². The summed E-state index contributed by atoms with van der Waals surface area (Å²) in [6, 6.07) is 7.60. The van der Waals surface area contributed by atoms with Crippen LogP contribution in [0, 0.1) is 7.05 Å². The Balaban J connectivity index is 2.55. The quantitative estimate of drug-likeness (QED) is 0.542. The van der Waals surface area contributed by atoms with Crippen LogP contribution in [0.5, 0.6) is 0 Å². The van der Waals surface area contributed by atoms with E-state index in [-0.39, 0.29) is 5.91 Å². The fraction of sp³-hybridized carbons (Fsp3) is 0.111. The van der Waals surface area contributed by atoms with Crippen molar-refractivity contribution in [3.63, 3.8) is 0 Å². The lowest BCUT2D eigenvalue weighted by Crippen LogP contribution is -2.14. The molecule has 0 unspecified atom stereocenters. The van der Waals surface area contributed by atoms with Gasteiger partial charge in [0.05, 0.1) is 0 Å². The summed E-state index contributed by atoms with van der Waals surface area (Å²) in [6.07, 6.45) is 0. The Morgan fingerprint density at radius 2 is 2.09 bits per heavy atom. The van der Waals surface area contributed by atoms with Crippen LogP contribution in [0.1, 0.15) is 15.9 Å². The molecule has 0 aromatic heterocycles. The van der Waals surface area contributed by atoms with Crippen LogP contribution in [-0.4, -0.2) is 10.8 Å². The number of carbonyl (C=O) groups excluding carboxylic acids is 1. The predicted molar refractivity (Wildman–Crippen MR) is 41.7 cm³/mol. The topological polar surface area (TPSA) is 20.3 Å². The van der Waals surface area contributed by atoms with Gasteiger partial charge in [-0.3, -0.25) is 4.79 Å². The predicted octanol–water partition coefficient (Wildman–Crippen LogP) is 1.43. The molecule has 0 spiro atoms. The molecule has 0 aliphatic carbocycles. The van der Waals surface area contributed by atoms with Crippen molar-refractivity contribution in [1.29, 1.82) is 0 Å². The van der Waals surface area contributed by atoms with Crippen molar-refractivity contribution in [2.24, 2.45) is 0 Å². The van der Waals surface area contributed by atoms with Crippen molar-refractivity contribution < 1.29 is 4.79 Å². The molecule has 0 saturated carbocycles. The SMILES string of the molecule is [CH2]N1Cc2ccccc2C1=O. The second kappa shape index (κ2) is 2.09. The molecule has 1 aromatic rings. The van der Waals surface area contributed by atoms with Gasteiger partial charge in [-0.05, 0) is 11.6 Å². The Kier molecular flexibility index (Phi) is 1.22. The molecule has 1 aromatic carbocycles. The summed E-state index contributed by atoms with van der Waals surface area (Å²) in [7, 11) is 3.62. The van der Waals surface area contributed by atoms with E-state index in [1.165, 1.54) is 4.90 Å². The molecule has 0 N–H and O–H groups in total. The first-order valence-electron chi connectivity index (χ1n) is 3.49. The fourth-order valence-electron chi connectivity index (χ4n) is 1.31. The van der Waals surface area contributed by atoms with Crippen LogP contribution in [0.3, 0.4) is 0 Å². The lowest BCUT2D eigenvalue weighted by molar-refractivity contribution is 0.0838. The Labute approximate surface area is 65.4 Å². The average molecular weight is 146 g/mol. The molecule has 1 heterocycles. The monoisotopic (exact) mass is 146 g/mol. The van der Waals surface area contributed by atoms with E-state index in [1.807, 2.05) is 24.3 Å². The van der Waals surface area contributed by atoms with Gasteiger partial charge in [0.25, 0.3) is 5.91 Å². The molecule has 11 heavy (non-hydrogen) atoms. The van der Waals surface area contributed by atoms with Crippen LogP contribution in [0.15, 0.2) is 24.3 Å². The van der Waals surface area contributed by atoms with E-state index in [0.29, 0.717) is 6.54 Å². The molecular formula is C9H8NO. The van der Waals surface area contributed by atoms with E-state index in [1.54, 1.807) is 0 Å². The van der Waals surface area contributed by atoms with Gasteiger partial charge in [-0.15, -0.1) is 0 Å². The van der Waals surface area contributed by atoms with E-state index in [9.17, 15) is 4.79 Å². The fourth-order valence-corrected chi connectivity index (χ4v) is 1.31. The highest BCUT2D eigenvalue weighted by atomic mass is 16.2. The van der Waals surface area contributed by atoms with Crippen molar-refractivity contribution in [1.82, 2.24) is 4.90 Å². The van der Waals surface area contributed by atoms with Crippen molar-refractivity contribution in [2.75, 3.05) is 0 Å². The van der Waals surface area contributed by atoms with E-state index >= 15 is 0 Å². The van der Waals surface area contributed by atoms with E-state index in [2.05, 4.69) is 7.05 Å². The Hall–Kier alpha value is -1.31. The summed E-state index contributed by atoms with van der Waals surface area (Å²) in [5.41, 5.74) is 1.87. The third kappa shape index (κ3) is 0.827. The number of hydrogen-bond acceptors (Lipinski definition) is 1. The minimum atomic E-state index is 0.0283. The zero-order chi connectivity index (χ0) is 7.84. The highest BCUT2D eigenvalue weighted by molar-refractivity contribution is 5.98. The zero-order valence-corrected chi connectivity index (χ0v) is 6.08. The normalized spacial score (nSPS) is 15.4. The van der Waals surface area contributed by atoms with Gasteiger partial charge >= 0.3 is 0 Å². The third-order valence-electron chi connectivity index (χ3n) is 1.90. The maximum Gasteiger partial charge on any atom is 0.254 e. The number of benzene rings is 1. The number of rotatable bonds is 0. The van der Waals surface area contributed by atoms with Crippen LogP contribution < -0.4 is 0 Å². The Morgan fingerprint density at radius 3 is 2.82 bits per heavy atom. The van der Waals surface area contributed by atoms with Gasteiger partial charge in [-0.2, -0.15) is 0 Å². The summed E-state index contributed by atoms with van der Waals surface area (Å²) in [6.45, 7) is 0.648. The highest BCUT2D eigenvalue weighted by Crippen LogP contribution is 2.20. The maximum atomic E-state index is 11.3. The molecule has 2 rings (SSSR count). The standard InChI is InChI=1S/C9H8NO/c1-10-6-7-4-2-3-5-8(7)9(10)11/h2-5H,1,6H2. The first-order valence-corrected chi connectivity index (χ1v) is 3.49. The van der Waals surface area contributed by atoms with Crippen LogP contribution in [0.25, 0.3) is 0 Å². The number of amides is 1. The van der Waals surface area contributed by atoms with Gasteiger partial charge in [0.1, 0.15) is 0 Å². The Morgan fingerprint density at radius 1 is 1.36 bits per heavy atom. The second-order valence-corrected chi connectivity index (χ2v) is 2.66. The smallest absolute Gasteiger partial charge is 0.254 e. The molecule has 0 atom stereocenters. The molecule has 1 amide bonds. The summed E-state index contributed by atoms with van der Waals surface area (Å²) in [5, 5.41) is 0. The first-order chi connectivity index (χ1) is 5.29. The van der Waals surface area contributed by atoms with Gasteiger partial charge in [-0.25, -0.2) is 0 Å². The van der Waals surface area contributed by atoms with Crippen LogP contribution in [0.2, 0.25) is 0 Å². The molecular weight excluding hydrogens is 138 g/mol. The van der Waals surface area contributed by atoms with Gasteiger partial charge in [0.2, 0.25) is 0 Å². The third-order valence-corrected chi connectivity index (χ3v) is 1.90. The molecule has 0 bridgehead atoms. The minimum Gasteiger partial charge on any atom is -0.333 e.